The van der Waals surface area contributed by atoms with Gasteiger partial charge in [0.15, 0.2) is 0 Å². The van der Waals surface area contributed by atoms with Gasteiger partial charge in [0.1, 0.15) is 13.8 Å². The van der Waals surface area contributed by atoms with Crippen LogP contribution in [0.2, 0.25) is 0 Å². The first-order valence-electron chi connectivity index (χ1n) is 41.0. The van der Waals surface area contributed by atoms with Crippen LogP contribution < -0.4 is 17.0 Å². The van der Waals surface area contributed by atoms with E-state index in [-0.39, 0.29) is 40.0 Å². The van der Waals surface area contributed by atoms with Crippen LogP contribution in [-0.2, 0) is 12.7 Å². The molecule has 0 bridgehead atoms. The van der Waals surface area contributed by atoms with E-state index >= 15 is 0 Å². The Morgan fingerprint density at radius 3 is 0.779 bits per heavy atom. The van der Waals surface area contributed by atoms with Gasteiger partial charge in [-0.15, -0.1) is 0 Å². The monoisotopic (exact) mass is 1870 g/mol. The molecule has 6 fully saturated rings. The molecule has 2 nitrogen and oxygen atoms in total. The summed E-state index contributed by atoms with van der Waals surface area (Å²) in [5.74, 6) is 5.00. The molecule has 13 heteroatoms. The van der Waals surface area contributed by atoms with Crippen LogP contribution in [0.5, 0.6) is 0 Å². The van der Waals surface area contributed by atoms with Crippen molar-refractivity contribution in [2.45, 2.75) is 404 Å². The maximum Gasteiger partial charge on any atom is 2.00 e. The molecule has 0 atom stereocenters. The van der Waals surface area contributed by atoms with Crippen molar-refractivity contribution in [1.82, 2.24) is 9.97 Å². The SMILES string of the molecule is Brc1cccc(Br)n1.C1CCC(P(C2CCCCC2)C2CCCCC2)CC1.C1CCC(P(C2CCCCC2)C2CCCCC2)CC1.CC(C)c1[c-]c(C(C)C)cc(C(C)C)c1.CC(C)c1cc(C(C)C)c(-c2cccc(Br)n2)c(C(C)C)c1.CC(C)c1cc(C(C)C)c(Br)c(C(C)C)c1.[Br-].[Cl][Ni][Cl].[Mg+2]. The van der Waals surface area contributed by atoms with E-state index < -0.39 is 0 Å². The quantitative estimate of drug-likeness (QED) is 0.0426. The van der Waals surface area contributed by atoms with Crippen LogP contribution in [0.3, 0.4) is 0 Å². The third-order valence-corrected chi connectivity index (χ3v) is 33.1. The molecule has 0 unspecified atom stereocenters. The summed E-state index contributed by atoms with van der Waals surface area (Å²) in [5.41, 5.74) is 22.2. The third kappa shape index (κ3) is 34.2. The number of pyridine rings is 2. The second-order valence-electron chi connectivity index (χ2n) is 33.6. The first kappa shape index (κ1) is 99.3. The number of aromatic nitrogens is 2. The van der Waals surface area contributed by atoms with Crippen LogP contribution in [0.25, 0.3) is 11.3 Å². The van der Waals surface area contributed by atoms with Crippen LogP contribution in [0, 0.1) is 6.07 Å². The Balaban J connectivity index is 0.000000325. The van der Waals surface area contributed by atoms with E-state index in [1.807, 2.05) is 24.3 Å². The predicted molar refractivity (Wildman–Crippen MR) is 476 cm³/mol. The predicted octanol–water partition coefficient (Wildman–Crippen LogP) is 31.1. The average Bonchev–Trinajstić information content (AvgIpc) is 0.789. The molecule has 586 valence electrons. The van der Waals surface area contributed by atoms with Gasteiger partial charge in [0.2, 0.25) is 0 Å². The van der Waals surface area contributed by atoms with Crippen molar-refractivity contribution in [3.63, 3.8) is 0 Å². The van der Waals surface area contributed by atoms with Gasteiger partial charge in [-0.05, 0) is 270 Å². The summed E-state index contributed by atoms with van der Waals surface area (Å²) in [6, 6.07) is 29.4. The maximum absolute atomic E-state index is 4.72. The van der Waals surface area contributed by atoms with Crippen molar-refractivity contribution in [3.05, 3.63) is 147 Å². The van der Waals surface area contributed by atoms with Gasteiger partial charge in [-0.3, -0.25) is 0 Å². The topological polar surface area (TPSA) is 25.8 Å². The van der Waals surface area contributed by atoms with Gasteiger partial charge in [0.25, 0.3) is 0 Å². The van der Waals surface area contributed by atoms with E-state index in [1.165, 1.54) is 133 Å². The average molecular weight is 1880 g/mol. The normalized spacial score (nSPS) is 17.5. The molecule has 6 aliphatic rings. The maximum atomic E-state index is 4.72. The second-order valence-corrected chi connectivity index (χ2v) is 44.7. The minimum atomic E-state index is 0. The Hall–Kier alpha value is 1.06. The van der Waals surface area contributed by atoms with E-state index in [0.29, 0.717) is 81.8 Å². The largest absolute Gasteiger partial charge is 2.00 e. The minimum Gasteiger partial charge on any atom is 2.00 e. The number of hydrogen-bond donors (Lipinski definition) is 0. The first-order valence-corrected chi connectivity index (χ1v) is 50.0. The molecule has 0 saturated heterocycles. The molecule has 0 radical (unpaired) electrons. The molecular weight excluding hydrogens is 1740 g/mol. The number of nitrogens with zero attached hydrogens (tertiary/aromatic N) is 2. The summed E-state index contributed by atoms with van der Waals surface area (Å²) in [6.07, 6.45) is 47.2. The van der Waals surface area contributed by atoms with Crippen molar-refractivity contribution in [2.24, 2.45) is 0 Å². The van der Waals surface area contributed by atoms with Crippen LogP contribution in [0.15, 0.2) is 91.1 Å². The molecular formula is C91H141Br5Cl2MgN2NiP2. The van der Waals surface area contributed by atoms with Gasteiger partial charge in [0.05, 0.1) is 5.69 Å². The molecule has 11 rings (SSSR count). The Labute approximate surface area is 717 Å². The van der Waals surface area contributed by atoms with Crippen molar-refractivity contribution in [1.29, 1.82) is 0 Å². The molecule has 0 amide bonds. The van der Waals surface area contributed by atoms with E-state index in [9.17, 15) is 0 Å². The van der Waals surface area contributed by atoms with Gasteiger partial charge in [-0.2, -0.15) is 34.9 Å². The summed E-state index contributed by atoms with van der Waals surface area (Å²) in [5, 5.41) is 0. The summed E-state index contributed by atoms with van der Waals surface area (Å²) in [6.45, 7) is 40.6. The molecule has 2 aromatic heterocycles. The van der Waals surface area contributed by atoms with Gasteiger partial charge in [0, 0.05) is 10.0 Å². The van der Waals surface area contributed by atoms with Crippen LogP contribution in [-0.4, -0.2) is 67.0 Å². The Morgan fingerprint density at radius 2 is 0.567 bits per heavy atom. The standard InChI is InChI=1S/C20H26BrN.2C18H33P.C15H23Br.C15H23.C5H3Br2N.BrH.2ClH.Mg.Ni/c1-12(2)15-10-16(13(3)4)20(17(11-15)14(5)6)18-8-7-9-19(21)22-18;2*1-4-10-16(11-5-1)19(17-12-6-2-7-13-17)18-14-8-3-9-15-18;1-9(2)12-7-13(10(3)4)15(16)14(8-12)11(5)6;1-10(2)13-7-14(11(3)4)9-15(8-13)12(5)6;6-4-2-1-3-5(7)8-4;;;;;/h7-14H,1-6H3;2*16-18H,1-15H2;7-11H,1-6H3;7-8,10-12H,1-6H3;1-3H;3*1H;;/q;;;;-1;;;;;2*+2/p-3. The zero-order valence-electron chi connectivity index (χ0n) is 68.3. The molecule has 5 aromatic rings. The van der Waals surface area contributed by atoms with E-state index in [1.54, 1.807) is 154 Å². The summed E-state index contributed by atoms with van der Waals surface area (Å²) in [7, 11) is 10.2. The first-order chi connectivity index (χ1) is 48.7. The Kier molecular flexibility index (Phi) is 51.5. The fourth-order valence-corrected chi connectivity index (χ4v) is 28.5. The van der Waals surface area contributed by atoms with Gasteiger partial charge >= 0.3 is 56.1 Å². The van der Waals surface area contributed by atoms with Crippen molar-refractivity contribution < 1.29 is 29.6 Å². The Bertz CT molecular complexity index is 2830. The van der Waals surface area contributed by atoms with Crippen molar-refractivity contribution in [3.8, 4) is 11.3 Å². The zero-order chi connectivity index (χ0) is 75.0. The summed E-state index contributed by atoms with van der Waals surface area (Å²) < 4.78 is 3.91. The summed E-state index contributed by atoms with van der Waals surface area (Å²) in [4.78, 5) is 8.73. The third-order valence-electron chi connectivity index (χ3n) is 22.7. The molecule has 2 heterocycles. The van der Waals surface area contributed by atoms with E-state index in [4.69, 9.17) is 25.4 Å². The molecule has 0 N–H and O–H groups in total. The fourth-order valence-electron chi connectivity index (χ4n) is 16.7. The van der Waals surface area contributed by atoms with Crippen molar-refractivity contribution in [2.75, 3.05) is 0 Å². The molecule has 0 aliphatic heterocycles. The second kappa shape index (κ2) is 54.0. The number of rotatable bonds is 16. The smallest absolute Gasteiger partial charge is 2.00 e. The van der Waals surface area contributed by atoms with Gasteiger partial charge in [-0.1, -0.05) is 308 Å². The molecule has 104 heavy (non-hydrogen) atoms. The van der Waals surface area contributed by atoms with Crippen LogP contribution >= 0.6 is 100.0 Å². The van der Waals surface area contributed by atoms with E-state index in [2.05, 4.69) is 248 Å². The number of hydrogen-bond acceptors (Lipinski definition) is 2. The van der Waals surface area contributed by atoms with Gasteiger partial charge < -0.3 is 17.0 Å². The molecule has 6 saturated carbocycles. The Morgan fingerprint density at radius 1 is 0.337 bits per heavy atom. The summed E-state index contributed by atoms with van der Waals surface area (Å²) >= 11 is 14.3. The molecule has 6 aliphatic carbocycles. The zero-order valence-corrected chi connectivity index (χ0v) is 81.9. The van der Waals surface area contributed by atoms with Crippen LogP contribution in [0.4, 0.5) is 0 Å². The molecule has 3 aromatic carbocycles. The number of benzene rings is 3. The number of halogens is 7. The molecule has 0 spiro atoms. The minimum absolute atomic E-state index is 0. The van der Waals surface area contributed by atoms with E-state index in [0.717, 1.165) is 19.5 Å². The van der Waals surface area contributed by atoms with Crippen LogP contribution in [0.1, 0.15) is 421 Å². The fraction of sp³-hybridized carbons (Fsp3) is 0.692. The van der Waals surface area contributed by atoms with Crippen molar-refractivity contribution >= 4 is 123 Å². The van der Waals surface area contributed by atoms with Gasteiger partial charge in [-0.25, -0.2) is 9.97 Å².